The molecule has 2 aliphatic carbocycles. The first-order valence-corrected chi connectivity index (χ1v) is 19.8. The molecule has 1 aromatic carbocycles. The number of ether oxygens (including phenoxy) is 1. The number of hydrogen-bond acceptors (Lipinski definition) is 9. The Morgan fingerprint density at radius 3 is 1.97 bits per heavy atom. The summed E-state index contributed by atoms with van der Waals surface area (Å²) in [4.78, 5) is 88.8. The number of aliphatic hydroxyl groups excluding tert-OH is 1. The molecule has 6 unspecified atom stereocenters. The molecule has 0 aromatic heterocycles. The second-order valence-corrected chi connectivity index (χ2v) is 16.4. The second kappa shape index (κ2) is 23.4. The number of likely N-dealkylation sites (N-methyl/N-ethyl adjacent to an activating group) is 1. The number of alkyl halides is 4. The Bertz CT molecular complexity index is 1570. The summed E-state index contributed by atoms with van der Waals surface area (Å²) in [7, 11) is 4.11. The largest absolute Gasteiger partial charge is 0.434 e. The Hall–Kier alpha value is -4.45. The van der Waals surface area contributed by atoms with Gasteiger partial charge in [0.2, 0.25) is 35.1 Å². The van der Waals surface area contributed by atoms with Gasteiger partial charge < -0.3 is 45.7 Å². The number of benzene rings is 1. The quantitative estimate of drug-likeness (QED) is 0.184. The van der Waals surface area contributed by atoms with E-state index in [4.69, 9.17) is 21.5 Å². The number of aliphatic hydroxyl groups is 1. The maximum absolute atomic E-state index is 13.7. The fourth-order valence-electron chi connectivity index (χ4n) is 6.22. The van der Waals surface area contributed by atoms with Crippen LogP contribution in [0.5, 0.6) is 0 Å². The lowest BCUT2D eigenvalue weighted by Gasteiger charge is -2.34. The van der Waals surface area contributed by atoms with Crippen molar-refractivity contribution in [3.63, 3.8) is 0 Å². The third-order valence-electron chi connectivity index (χ3n) is 10.5. The van der Waals surface area contributed by atoms with Crippen LogP contribution in [0.3, 0.4) is 0 Å². The molecule has 0 radical (unpaired) electrons. The van der Waals surface area contributed by atoms with Crippen LogP contribution in [0.2, 0.25) is 0 Å². The Labute approximate surface area is 349 Å². The molecule has 19 heteroatoms. The number of carbonyl (C=O) groups excluding carboxylic acids is 7. The molecule has 1 aliphatic heterocycles. The monoisotopic (exact) mass is 862 g/mol. The number of carbonyl (C=O) groups is 7. The van der Waals surface area contributed by atoms with Crippen LogP contribution in [0.1, 0.15) is 79.3 Å². The van der Waals surface area contributed by atoms with Gasteiger partial charge in [-0.15, -0.1) is 11.6 Å². The predicted octanol–water partition coefficient (Wildman–Crippen LogP) is 3.58. The Balaban J connectivity index is 0.00000174. The SMILES string of the molecule is C=O.CC(C)C(NC(=O)OC(C)(C)C(F)(F)F)C(=O)N1C[C@H]2C(C1C(=O)NC(C)C(C)C(=O)NCC(=O)NC(C(=O)N(C)C)c1ccccc1)[C@H]2Cl.CC1CCC1.CO. The van der Waals surface area contributed by atoms with Crippen LogP contribution in [0.4, 0.5) is 18.0 Å². The summed E-state index contributed by atoms with van der Waals surface area (Å²) in [5.74, 6) is -3.82. The Kier molecular flexibility index (Phi) is 20.8. The summed E-state index contributed by atoms with van der Waals surface area (Å²) in [6.45, 7) is 11.6. The summed E-state index contributed by atoms with van der Waals surface area (Å²) in [5.41, 5.74) is -2.25. The summed E-state index contributed by atoms with van der Waals surface area (Å²) < 4.78 is 44.4. The molecule has 3 aliphatic rings. The van der Waals surface area contributed by atoms with Gasteiger partial charge in [-0.3, -0.25) is 24.0 Å². The van der Waals surface area contributed by atoms with Crippen LogP contribution in [-0.4, -0.2) is 127 Å². The van der Waals surface area contributed by atoms with Gasteiger partial charge in [-0.2, -0.15) is 13.2 Å². The van der Waals surface area contributed by atoms with E-state index in [2.05, 4.69) is 32.9 Å². The third kappa shape index (κ3) is 14.7. The van der Waals surface area contributed by atoms with Crippen molar-refractivity contribution in [3.8, 4) is 0 Å². The number of hydrogen-bond donors (Lipinski definition) is 5. The predicted molar refractivity (Wildman–Crippen MR) is 215 cm³/mol. The molecule has 8 atom stereocenters. The van der Waals surface area contributed by atoms with Crippen molar-refractivity contribution >= 4 is 54.0 Å². The lowest BCUT2D eigenvalue weighted by Crippen LogP contribution is -2.59. The smallest absolute Gasteiger partial charge is 0.427 e. The molecular formula is C40H62ClF3N6O9. The molecule has 1 saturated heterocycles. The zero-order valence-corrected chi connectivity index (χ0v) is 36.3. The molecule has 0 bridgehead atoms. The van der Waals surface area contributed by atoms with Crippen LogP contribution in [0.25, 0.3) is 0 Å². The van der Waals surface area contributed by atoms with Crippen molar-refractivity contribution in [2.45, 2.75) is 109 Å². The Morgan fingerprint density at radius 1 is 0.966 bits per heavy atom. The summed E-state index contributed by atoms with van der Waals surface area (Å²) in [5, 5.41) is 16.7. The van der Waals surface area contributed by atoms with Crippen molar-refractivity contribution in [2.75, 3.05) is 34.3 Å². The molecule has 5 N–H and O–H groups in total. The van der Waals surface area contributed by atoms with Crippen LogP contribution in [0.15, 0.2) is 30.3 Å². The number of piperidine rings is 1. The highest BCUT2D eigenvalue weighted by atomic mass is 35.5. The lowest BCUT2D eigenvalue weighted by atomic mass is 9.88. The topological polar surface area (TPSA) is 204 Å². The van der Waals surface area contributed by atoms with Gasteiger partial charge in [-0.25, -0.2) is 4.79 Å². The standard InChI is InChI=1S/C33H46ClF3N6O7.C5H10.CH4O.CH2O/c1-16(2)24(41-31(49)50-32(5,6)33(35,36)37)30(48)43-15-20-22(23(20)34)26(43)28(46)39-18(4)17(3)27(45)38-14-21(44)40-25(29(47)42(7)8)19-12-10-9-11-13-19;1-5-3-2-4-5;2*1-2/h9-13,16-18,20,22-26H,14-15H2,1-8H3,(H,38,45)(H,39,46)(H,40,44)(H,41,49);5H,2-4H2,1H3;2H,1H3;1H2/t17?,18?,20-,22?,23-,24?,25?,26?;;;/m0.../s1. The van der Waals surface area contributed by atoms with Gasteiger partial charge in [0.15, 0.2) is 0 Å². The number of fused-ring (bicyclic) bond motifs is 1. The maximum atomic E-state index is 13.7. The highest BCUT2D eigenvalue weighted by Crippen LogP contribution is 2.53. The van der Waals surface area contributed by atoms with Gasteiger partial charge in [0, 0.05) is 45.1 Å². The minimum atomic E-state index is -4.86. The molecule has 3 fully saturated rings. The lowest BCUT2D eigenvalue weighted by molar-refractivity contribution is -0.244. The van der Waals surface area contributed by atoms with Crippen molar-refractivity contribution in [1.29, 1.82) is 0 Å². The number of nitrogens with one attached hydrogen (secondary N) is 4. The van der Waals surface area contributed by atoms with E-state index in [-0.39, 0.29) is 18.4 Å². The number of amides is 6. The first kappa shape index (κ1) is 52.6. The van der Waals surface area contributed by atoms with Crippen molar-refractivity contribution in [2.24, 2.45) is 29.6 Å². The molecule has 59 heavy (non-hydrogen) atoms. The molecule has 4 rings (SSSR count). The molecule has 1 aromatic rings. The van der Waals surface area contributed by atoms with Crippen LogP contribution in [0, 0.1) is 29.6 Å². The molecule has 2 saturated carbocycles. The zero-order valence-electron chi connectivity index (χ0n) is 35.5. The van der Waals surface area contributed by atoms with Crippen molar-refractivity contribution in [1.82, 2.24) is 31.1 Å². The van der Waals surface area contributed by atoms with E-state index in [1.165, 1.54) is 36.0 Å². The molecule has 1 heterocycles. The van der Waals surface area contributed by atoms with Gasteiger partial charge in [0.05, 0.1) is 12.5 Å². The normalized spacial score (nSPS) is 21.3. The summed E-state index contributed by atoms with van der Waals surface area (Å²) in [6, 6.07) is 4.50. The molecule has 15 nitrogen and oxygen atoms in total. The van der Waals surface area contributed by atoms with Gasteiger partial charge in [0.25, 0.3) is 0 Å². The second-order valence-electron chi connectivity index (χ2n) is 15.9. The first-order chi connectivity index (χ1) is 27.5. The van der Waals surface area contributed by atoms with Gasteiger partial charge in [0.1, 0.15) is 24.9 Å². The number of halogens is 4. The zero-order chi connectivity index (χ0) is 45.6. The highest BCUT2D eigenvalue weighted by molar-refractivity contribution is 6.23. The highest BCUT2D eigenvalue weighted by Gasteiger charge is 2.64. The number of rotatable bonds is 13. The van der Waals surface area contributed by atoms with E-state index in [0.29, 0.717) is 19.4 Å². The molecular weight excluding hydrogens is 801 g/mol. The average molecular weight is 863 g/mol. The number of likely N-dealkylation sites (tertiary alicyclic amines) is 1. The van der Waals surface area contributed by atoms with Gasteiger partial charge >= 0.3 is 12.3 Å². The Morgan fingerprint density at radius 2 is 1.51 bits per heavy atom. The minimum absolute atomic E-state index is 0.0869. The van der Waals surface area contributed by atoms with Gasteiger partial charge in [-0.05, 0) is 44.1 Å². The molecule has 0 spiro atoms. The number of alkyl carbamates (subject to hydrolysis) is 1. The third-order valence-corrected chi connectivity index (χ3v) is 11.1. The summed E-state index contributed by atoms with van der Waals surface area (Å²) in [6.07, 6.45) is -1.84. The number of nitrogens with zero attached hydrogens (tertiary/aromatic N) is 2. The summed E-state index contributed by atoms with van der Waals surface area (Å²) >= 11 is 6.40. The van der Waals surface area contributed by atoms with Crippen LogP contribution in [-0.2, 0) is 33.5 Å². The van der Waals surface area contributed by atoms with E-state index in [1.54, 1.807) is 65.2 Å². The average Bonchev–Trinajstić information content (AvgIpc) is 3.59. The maximum Gasteiger partial charge on any atom is 0.427 e. The fraction of sp³-hybridized carbons (Fsp3) is 0.675. The van der Waals surface area contributed by atoms with E-state index < -0.39 is 95.3 Å². The first-order valence-electron chi connectivity index (χ1n) is 19.4. The van der Waals surface area contributed by atoms with Crippen LogP contribution < -0.4 is 21.3 Å². The van der Waals surface area contributed by atoms with Crippen molar-refractivity contribution < 1.29 is 56.6 Å². The van der Waals surface area contributed by atoms with Crippen molar-refractivity contribution in [3.05, 3.63) is 35.9 Å². The fourth-order valence-corrected chi connectivity index (χ4v) is 6.71. The molecule has 6 amide bonds. The van der Waals surface area contributed by atoms with E-state index >= 15 is 0 Å². The minimum Gasteiger partial charge on any atom is -0.434 e. The van der Waals surface area contributed by atoms with E-state index in [9.17, 15) is 41.9 Å². The molecule has 334 valence electrons. The van der Waals surface area contributed by atoms with Crippen LogP contribution >= 0.6 is 11.6 Å². The van der Waals surface area contributed by atoms with E-state index in [1.807, 2.05) is 6.79 Å². The van der Waals surface area contributed by atoms with Gasteiger partial charge in [-0.1, -0.05) is 77.3 Å². The van der Waals surface area contributed by atoms with E-state index in [0.717, 1.165) is 13.0 Å².